The minimum atomic E-state index is -0.925. The Labute approximate surface area is 192 Å². The summed E-state index contributed by atoms with van der Waals surface area (Å²) in [5.74, 6) is -0.252. The highest BCUT2D eigenvalue weighted by atomic mass is 16.4. The van der Waals surface area contributed by atoms with Crippen LogP contribution in [0.1, 0.15) is 45.6 Å². The van der Waals surface area contributed by atoms with Crippen molar-refractivity contribution in [2.24, 2.45) is 0 Å². The van der Waals surface area contributed by atoms with Crippen LogP contribution in [0.15, 0.2) is 48.8 Å². The average Bonchev–Trinajstić information content (AvgIpc) is 3.41. The van der Waals surface area contributed by atoms with Crippen LogP contribution in [0.4, 0.5) is 5.82 Å². The molecule has 0 radical (unpaired) electrons. The Morgan fingerprint density at radius 2 is 1.91 bits per heavy atom. The van der Waals surface area contributed by atoms with E-state index in [1.165, 1.54) is 11.8 Å². The Bertz CT molecular complexity index is 1180. The first-order chi connectivity index (χ1) is 16.0. The fourth-order valence-corrected chi connectivity index (χ4v) is 4.89. The van der Waals surface area contributed by atoms with Gasteiger partial charge in [-0.3, -0.25) is 14.3 Å². The maximum Gasteiger partial charge on any atom is 0.305 e. The topological polar surface area (TPSA) is 109 Å². The molecule has 0 spiro atoms. The number of fused-ring (bicyclic) bond motifs is 2. The molecule has 0 saturated carbocycles. The number of nitrogens with one attached hydrogen (secondary N) is 2. The van der Waals surface area contributed by atoms with Crippen LogP contribution in [0.5, 0.6) is 0 Å². The molecule has 33 heavy (non-hydrogen) atoms. The smallest absolute Gasteiger partial charge is 0.305 e. The van der Waals surface area contributed by atoms with Crippen LogP contribution < -0.4 is 10.6 Å². The standard InChI is InChI=1S/C25H27N5O3/c31-22(32)14-25(12-18-4-1-2-5-19(18)13-25)29-24(33)20-15-27-30(16-20)11-9-21-8-7-17-6-3-10-26-23(17)28-21/h1-2,4-5,7-8,15-16H,3,6,9-14H2,(H,26,28)(H,29,33)(H,31,32). The second-order valence-corrected chi connectivity index (χ2v) is 9.01. The number of aromatic nitrogens is 3. The molecule has 5 rings (SSSR count). The van der Waals surface area contributed by atoms with Crippen molar-refractivity contribution >= 4 is 17.7 Å². The van der Waals surface area contributed by atoms with Crippen LogP contribution in [0, 0.1) is 0 Å². The maximum absolute atomic E-state index is 13.0. The number of rotatable bonds is 7. The van der Waals surface area contributed by atoms with Gasteiger partial charge in [-0.25, -0.2) is 4.98 Å². The summed E-state index contributed by atoms with van der Waals surface area (Å²) in [5, 5.41) is 20.2. The molecule has 1 aliphatic heterocycles. The monoisotopic (exact) mass is 445 g/mol. The number of carbonyl (C=O) groups is 2. The van der Waals surface area contributed by atoms with Crippen LogP contribution in [0.2, 0.25) is 0 Å². The van der Waals surface area contributed by atoms with Crippen molar-refractivity contribution in [1.29, 1.82) is 0 Å². The van der Waals surface area contributed by atoms with E-state index in [0.717, 1.165) is 42.0 Å². The molecular weight excluding hydrogens is 418 g/mol. The number of aryl methyl sites for hydroxylation is 3. The first-order valence-corrected chi connectivity index (χ1v) is 11.4. The molecule has 170 valence electrons. The zero-order chi connectivity index (χ0) is 22.8. The van der Waals surface area contributed by atoms with Crippen LogP contribution in [0.25, 0.3) is 0 Å². The van der Waals surface area contributed by atoms with Gasteiger partial charge in [0, 0.05) is 31.4 Å². The normalized spacial score (nSPS) is 15.9. The first-order valence-electron chi connectivity index (χ1n) is 11.4. The number of hydrogen-bond donors (Lipinski definition) is 3. The van der Waals surface area contributed by atoms with E-state index in [0.29, 0.717) is 31.4 Å². The summed E-state index contributed by atoms with van der Waals surface area (Å²) in [6, 6.07) is 12.1. The number of nitrogens with zero attached hydrogens (tertiary/aromatic N) is 3. The van der Waals surface area contributed by atoms with Gasteiger partial charge in [-0.05, 0) is 48.4 Å². The van der Waals surface area contributed by atoms with Gasteiger partial charge < -0.3 is 15.7 Å². The molecule has 3 N–H and O–H groups in total. The Morgan fingerprint density at radius 1 is 1.12 bits per heavy atom. The van der Waals surface area contributed by atoms with Gasteiger partial charge in [0.25, 0.3) is 5.91 Å². The lowest BCUT2D eigenvalue weighted by Gasteiger charge is -2.28. The van der Waals surface area contributed by atoms with Gasteiger partial charge in [-0.2, -0.15) is 5.10 Å². The number of carbonyl (C=O) groups excluding carboxylic acids is 1. The van der Waals surface area contributed by atoms with Crippen LogP contribution >= 0.6 is 0 Å². The Balaban J connectivity index is 1.24. The minimum Gasteiger partial charge on any atom is -0.481 e. The van der Waals surface area contributed by atoms with E-state index in [4.69, 9.17) is 4.98 Å². The molecule has 2 aromatic heterocycles. The molecule has 3 heterocycles. The van der Waals surface area contributed by atoms with Gasteiger partial charge >= 0.3 is 5.97 Å². The molecular formula is C25H27N5O3. The number of aliphatic carboxylic acids is 1. The SMILES string of the molecule is O=C(O)CC1(NC(=O)c2cnn(CCc3ccc4c(n3)NCCC4)c2)Cc2ccccc2C1. The Kier molecular flexibility index (Phi) is 5.58. The predicted molar refractivity (Wildman–Crippen MR) is 123 cm³/mol. The van der Waals surface area contributed by atoms with Crippen LogP contribution in [0.3, 0.4) is 0 Å². The number of pyridine rings is 1. The van der Waals surface area contributed by atoms with Crippen LogP contribution in [-0.4, -0.2) is 43.8 Å². The summed E-state index contributed by atoms with van der Waals surface area (Å²) >= 11 is 0. The predicted octanol–water partition coefficient (Wildman–Crippen LogP) is 2.62. The number of carboxylic acid groups (broad SMARTS) is 1. The van der Waals surface area contributed by atoms with Crippen molar-refractivity contribution in [1.82, 2.24) is 20.1 Å². The molecule has 3 aromatic rings. The van der Waals surface area contributed by atoms with Crippen molar-refractivity contribution in [2.45, 2.75) is 50.6 Å². The quantitative estimate of drug-likeness (QED) is 0.516. The second kappa shape index (κ2) is 8.69. The third-order valence-electron chi connectivity index (χ3n) is 6.49. The number of hydrogen-bond acceptors (Lipinski definition) is 5. The van der Waals surface area contributed by atoms with E-state index in [-0.39, 0.29) is 12.3 Å². The lowest BCUT2D eigenvalue weighted by atomic mass is 9.91. The van der Waals surface area contributed by atoms with E-state index in [1.54, 1.807) is 10.9 Å². The van der Waals surface area contributed by atoms with Gasteiger partial charge in [-0.15, -0.1) is 0 Å². The van der Waals surface area contributed by atoms with Gasteiger partial charge in [-0.1, -0.05) is 30.3 Å². The third-order valence-corrected chi connectivity index (χ3v) is 6.49. The molecule has 8 heteroatoms. The molecule has 0 fully saturated rings. The minimum absolute atomic E-state index is 0.125. The van der Waals surface area contributed by atoms with E-state index in [1.807, 2.05) is 24.3 Å². The number of amides is 1. The van der Waals surface area contributed by atoms with Crippen molar-refractivity contribution in [3.63, 3.8) is 0 Å². The van der Waals surface area contributed by atoms with E-state index in [2.05, 4.69) is 27.9 Å². The summed E-state index contributed by atoms with van der Waals surface area (Å²) in [6.07, 6.45) is 7.03. The largest absolute Gasteiger partial charge is 0.481 e. The average molecular weight is 446 g/mol. The fraction of sp³-hybridized carbons (Fsp3) is 0.360. The van der Waals surface area contributed by atoms with E-state index < -0.39 is 11.5 Å². The van der Waals surface area contributed by atoms with Crippen molar-refractivity contribution < 1.29 is 14.7 Å². The molecule has 2 aliphatic rings. The Hall–Kier alpha value is -3.68. The van der Waals surface area contributed by atoms with Gasteiger partial charge in [0.05, 0.1) is 23.7 Å². The molecule has 0 atom stereocenters. The summed E-state index contributed by atoms with van der Waals surface area (Å²) < 4.78 is 1.73. The Morgan fingerprint density at radius 3 is 2.67 bits per heavy atom. The molecule has 1 aromatic carbocycles. The zero-order valence-corrected chi connectivity index (χ0v) is 18.4. The van der Waals surface area contributed by atoms with Crippen molar-refractivity contribution in [3.8, 4) is 0 Å². The lowest BCUT2D eigenvalue weighted by Crippen LogP contribution is -2.50. The van der Waals surface area contributed by atoms with E-state index in [9.17, 15) is 14.7 Å². The fourth-order valence-electron chi connectivity index (χ4n) is 4.89. The highest BCUT2D eigenvalue weighted by Crippen LogP contribution is 2.33. The summed E-state index contributed by atoms with van der Waals surface area (Å²) in [6.45, 7) is 1.56. The molecule has 0 bridgehead atoms. The number of anilines is 1. The van der Waals surface area contributed by atoms with Crippen LogP contribution in [-0.2, 0) is 37.0 Å². The maximum atomic E-state index is 13.0. The number of carboxylic acids is 1. The lowest BCUT2D eigenvalue weighted by molar-refractivity contribution is -0.138. The third kappa shape index (κ3) is 4.60. The first kappa shape index (κ1) is 21.2. The second-order valence-electron chi connectivity index (χ2n) is 9.01. The molecule has 1 amide bonds. The van der Waals surface area contributed by atoms with Gasteiger partial charge in [0.1, 0.15) is 5.82 Å². The summed E-state index contributed by atoms with van der Waals surface area (Å²) in [4.78, 5) is 29.3. The van der Waals surface area contributed by atoms with Crippen molar-refractivity contribution in [3.05, 3.63) is 76.7 Å². The highest BCUT2D eigenvalue weighted by molar-refractivity contribution is 5.94. The molecule has 1 aliphatic carbocycles. The highest BCUT2D eigenvalue weighted by Gasteiger charge is 2.40. The van der Waals surface area contributed by atoms with E-state index >= 15 is 0 Å². The van der Waals surface area contributed by atoms with Crippen molar-refractivity contribution in [2.75, 3.05) is 11.9 Å². The summed E-state index contributed by atoms with van der Waals surface area (Å²) in [7, 11) is 0. The van der Waals surface area contributed by atoms with Gasteiger partial charge in [0.15, 0.2) is 0 Å². The molecule has 0 saturated heterocycles. The van der Waals surface area contributed by atoms with Gasteiger partial charge in [0.2, 0.25) is 0 Å². The zero-order valence-electron chi connectivity index (χ0n) is 18.4. The molecule has 8 nitrogen and oxygen atoms in total. The number of benzene rings is 1. The summed E-state index contributed by atoms with van der Waals surface area (Å²) in [5.41, 5.74) is 4.01. The molecule has 0 unspecified atom stereocenters.